The molecule has 1 aliphatic heterocycles. The van der Waals surface area contributed by atoms with Crippen molar-refractivity contribution in [2.24, 2.45) is 5.73 Å². The normalized spacial score (nSPS) is 16.2. The van der Waals surface area contributed by atoms with E-state index in [1.807, 2.05) is 32.9 Å². The average molecular weight is 493 g/mol. The van der Waals surface area contributed by atoms with Crippen molar-refractivity contribution in [2.75, 3.05) is 25.0 Å². The van der Waals surface area contributed by atoms with Crippen LogP contribution < -0.4 is 10.6 Å². The first-order valence-corrected chi connectivity index (χ1v) is 11.8. The summed E-state index contributed by atoms with van der Waals surface area (Å²) in [5.41, 5.74) is 8.25. The first kappa shape index (κ1) is 23.9. The minimum atomic E-state index is -0.468. The van der Waals surface area contributed by atoms with Gasteiger partial charge in [0.15, 0.2) is 17.3 Å². The molecule has 3 aromatic heterocycles. The zero-order valence-electron chi connectivity index (χ0n) is 20.7. The second kappa shape index (κ2) is 8.98. The Bertz CT molecular complexity index is 1420. The Morgan fingerprint density at radius 3 is 2.81 bits per heavy atom. The van der Waals surface area contributed by atoms with E-state index in [0.717, 1.165) is 29.7 Å². The highest BCUT2D eigenvalue weighted by atomic mass is 19.1. The maximum Gasteiger partial charge on any atom is 0.316 e. The van der Waals surface area contributed by atoms with E-state index in [-0.39, 0.29) is 23.9 Å². The maximum absolute atomic E-state index is 15.2. The molecule has 4 heterocycles. The molecule has 0 spiro atoms. The molecule has 1 aliphatic rings. The van der Waals surface area contributed by atoms with Gasteiger partial charge in [-0.2, -0.15) is 10.1 Å². The van der Waals surface area contributed by atoms with E-state index < -0.39 is 11.7 Å². The summed E-state index contributed by atoms with van der Waals surface area (Å²) in [4.78, 5) is 24.8. The summed E-state index contributed by atoms with van der Waals surface area (Å²) in [6, 6.07) is 6.94. The number of nitrogens with one attached hydrogen (secondary N) is 1. The SMILES string of the molecule is CN(Cc1ccc(-c2ccnc3[nH]nc(N4CCC(N)C4)c23)cc1F)C(=O)c1nc(C(C)(C)C)no1. The number of carbonyl (C=O) groups is 1. The van der Waals surface area contributed by atoms with Gasteiger partial charge in [-0.1, -0.05) is 38.1 Å². The van der Waals surface area contributed by atoms with Crippen LogP contribution in [-0.2, 0) is 12.0 Å². The molecule has 0 aliphatic carbocycles. The molecule has 0 bridgehead atoms. The molecule has 1 fully saturated rings. The number of hydrogen-bond donors (Lipinski definition) is 2. The van der Waals surface area contributed by atoms with Crippen LogP contribution >= 0.6 is 0 Å². The van der Waals surface area contributed by atoms with Crippen molar-refractivity contribution in [3.63, 3.8) is 0 Å². The molecule has 1 atom stereocenters. The highest BCUT2D eigenvalue weighted by Crippen LogP contribution is 2.35. The quantitative estimate of drug-likeness (QED) is 0.434. The molecule has 36 heavy (non-hydrogen) atoms. The monoisotopic (exact) mass is 492 g/mol. The minimum absolute atomic E-state index is 0.0482. The average Bonchev–Trinajstić information content (AvgIpc) is 3.58. The van der Waals surface area contributed by atoms with E-state index in [2.05, 4.69) is 30.2 Å². The molecule has 1 amide bonds. The highest BCUT2D eigenvalue weighted by Gasteiger charge is 2.27. The molecule has 1 aromatic carbocycles. The first-order chi connectivity index (χ1) is 17.1. The predicted octanol–water partition coefficient (Wildman–Crippen LogP) is 3.25. The van der Waals surface area contributed by atoms with Crippen molar-refractivity contribution in [1.29, 1.82) is 0 Å². The van der Waals surface area contributed by atoms with Gasteiger partial charge in [0.2, 0.25) is 0 Å². The number of H-pyrrole nitrogens is 1. The van der Waals surface area contributed by atoms with Crippen molar-refractivity contribution in [3.05, 3.63) is 53.6 Å². The van der Waals surface area contributed by atoms with Gasteiger partial charge >= 0.3 is 11.8 Å². The Morgan fingerprint density at radius 1 is 1.33 bits per heavy atom. The Hall–Kier alpha value is -3.86. The molecule has 3 N–H and O–H groups in total. The molecule has 0 saturated carbocycles. The van der Waals surface area contributed by atoms with Gasteiger partial charge in [0.1, 0.15) is 5.82 Å². The summed E-state index contributed by atoms with van der Waals surface area (Å²) in [7, 11) is 1.57. The summed E-state index contributed by atoms with van der Waals surface area (Å²) >= 11 is 0. The number of nitrogens with zero attached hydrogens (tertiary/aromatic N) is 6. The highest BCUT2D eigenvalue weighted by molar-refractivity contribution is 6.00. The lowest BCUT2D eigenvalue weighted by atomic mass is 9.96. The number of halogens is 1. The number of nitrogens with two attached hydrogens (primary N) is 1. The van der Waals surface area contributed by atoms with E-state index >= 15 is 4.39 Å². The number of aromatic nitrogens is 5. The second-order valence-corrected chi connectivity index (χ2v) is 10.3. The Morgan fingerprint density at radius 2 is 2.14 bits per heavy atom. The largest absolute Gasteiger partial charge is 0.353 e. The van der Waals surface area contributed by atoms with Crippen LogP contribution in [0.25, 0.3) is 22.2 Å². The standard InChI is InChI=1S/C25H29FN8O2/c1-25(2,3)24-29-22(36-32-24)23(35)33(4)12-15-6-5-14(11-18(15)26)17-7-9-28-20-19(17)21(31-30-20)34-10-8-16(27)13-34/h5-7,9,11,16H,8,10,12-13,27H2,1-4H3,(H,28,30,31). The smallest absolute Gasteiger partial charge is 0.316 e. The molecular formula is C25H29FN8O2. The van der Waals surface area contributed by atoms with E-state index in [0.29, 0.717) is 29.1 Å². The third kappa shape index (κ3) is 4.41. The van der Waals surface area contributed by atoms with Crippen molar-refractivity contribution in [3.8, 4) is 11.1 Å². The lowest BCUT2D eigenvalue weighted by Gasteiger charge is -2.17. The van der Waals surface area contributed by atoms with Crippen LogP contribution in [0.1, 0.15) is 49.3 Å². The zero-order chi connectivity index (χ0) is 25.6. The first-order valence-electron chi connectivity index (χ1n) is 11.8. The molecule has 188 valence electrons. The lowest BCUT2D eigenvalue weighted by Crippen LogP contribution is -2.27. The predicted molar refractivity (Wildman–Crippen MR) is 133 cm³/mol. The third-order valence-corrected chi connectivity index (χ3v) is 6.36. The molecular weight excluding hydrogens is 463 g/mol. The fourth-order valence-corrected chi connectivity index (χ4v) is 4.33. The topological polar surface area (TPSA) is 130 Å². The number of rotatable bonds is 5. The van der Waals surface area contributed by atoms with E-state index in [1.54, 1.807) is 19.3 Å². The fraction of sp³-hybridized carbons (Fsp3) is 0.400. The van der Waals surface area contributed by atoms with Gasteiger partial charge in [-0.15, -0.1) is 0 Å². The molecule has 1 saturated heterocycles. The van der Waals surface area contributed by atoms with E-state index in [4.69, 9.17) is 10.3 Å². The van der Waals surface area contributed by atoms with Crippen molar-refractivity contribution in [1.82, 2.24) is 30.2 Å². The second-order valence-electron chi connectivity index (χ2n) is 10.3. The van der Waals surface area contributed by atoms with Crippen LogP contribution in [0, 0.1) is 5.82 Å². The maximum atomic E-state index is 15.2. The molecule has 10 nitrogen and oxygen atoms in total. The van der Waals surface area contributed by atoms with Crippen LogP contribution in [0.4, 0.5) is 10.2 Å². The number of hydrogen-bond acceptors (Lipinski definition) is 8. The van der Waals surface area contributed by atoms with Gasteiger partial charge in [-0.05, 0) is 29.7 Å². The van der Waals surface area contributed by atoms with Gasteiger partial charge in [0, 0.05) is 49.9 Å². The van der Waals surface area contributed by atoms with E-state index in [9.17, 15) is 4.79 Å². The summed E-state index contributed by atoms with van der Waals surface area (Å²) in [6.07, 6.45) is 2.56. The van der Waals surface area contributed by atoms with Gasteiger partial charge < -0.3 is 20.1 Å². The van der Waals surface area contributed by atoms with Gasteiger partial charge in [-0.3, -0.25) is 9.89 Å². The zero-order valence-corrected chi connectivity index (χ0v) is 20.7. The molecule has 1 unspecified atom stereocenters. The number of amides is 1. The summed E-state index contributed by atoms with van der Waals surface area (Å²) in [5.74, 6) is 0.196. The van der Waals surface area contributed by atoms with Crippen molar-refractivity contribution >= 4 is 22.8 Å². The molecule has 4 aromatic rings. The van der Waals surface area contributed by atoms with Gasteiger partial charge in [-0.25, -0.2) is 9.37 Å². The molecule has 11 heteroatoms. The van der Waals surface area contributed by atoms with Crippen LogP contribution in [0.15, 0.2) is 35.0 Å². The van der Waals surface area contributed by atoms with Crippen LogP contribution in [-0.4, -0.2) is 62.3 Å². The van der Waals surface area contributed by atoms with Crippen molar-refractivity contribution in [2.45, 2.75) is 45.2 Å². The van der Waals surface area contributed by atoms with Crippen LogP contribution in [0.5, 0.6) is 0 Å². The Kier molecular flexibility index (Phi) is 5.95. The van der Waals surface area contributed by atoms with Crippen LogP contribution in [0.2, 0.25) is 0 Å². The number of fused-ring (bicyclic) bond motifs is 1. The Labute approximate surface area is 207 Å². The summed E-state index contributed by atoms with van der Waals surface area (Å²) < 4.78 is 20.4. The number of aromatic amines is 1. The Balaban J connectivity index is 1.39. The number of carbonyl (C=O) groups excluding carboxylic acids is 1. The number of anilines is 1. The minimum Gasteiger partial charge on any atom is -0.353 e. The van der Waals surface area contributed by atoms with Crippen LogP contribution in [0.3, 0.4) is 0 Å². The lowest BCUT2D eigenvalue weighted by molar-refractivity contribution is 0.0734. The summed E-state index contributed by atoms with van der Waals surface area (Å²) in [6.45, 7) is 7.34. The third-order valence-electron chi connectivity index (χ3n) is 6.36. The van der Waals surface area contributed by atoms with Gasteiger partial charge in [0.25, 0.3) is 0 Å². The summed E-state index contributed by atoms with van der Waals surface area (Å²) in [5, 5.41) is 12.2. The number of benzene rings is 1. The van der Waals surface area contributed by atoms with E-state index in [1.165, 1.54) is 11.0 Å². The molecule has 0 radical (unpaired) electrons. The fourth-order valence-electron chi connectivity index (χ4n) is 4.33. The van der Waals surface area contributed by atoms with Gasteiger partial charge in [0.05, 0.1) is 5.39 Å². The number of pyridine rings is 1. The molecule has 5 rings (SSSR count). The van der Waals surface area contributed by atoms with Crippen molar-refractivity contribution < 1.29 is 13.7 Å².